The van der Waals surface area contributed by atoms with Crippen LogP contribution in [0.2, 0.25) is 0 Å². The standard InChI is InChI=1S/C21H16FN3O3S/c1-27-18-12-14(2-7-17(18)28-11-10-23)13-24-25-21(26)20-9-8-19(29-20)15-3-5-16(22)6-4-15/h2-9,12-13H,11H2,1H3,(H,25,26)/b24-13-. The van der Waals surface area contributed by atoms with Crippen LogP contribution in [0, 0.1) is 17.1 Å². The second-order valence-corrected chi connectivity index (χ2v) is 6.81. The zero-order valence-corrected chi connectivity index (χ0v) is 16.2. The molecule has 0 radical (unpaired) electrons. The third-order valence-corrected chi connectivity index (χ3v) is 4.95. The van der Waals surface area contributed by atoms with E-state index in [-0.39, 0.29) is 18.3 Å². The summed E-state index contributed by atoms with van der Waals surface area (Å²) in [7, 11) is 1.49. The summed E-state index contributed by atoms with van der Waals surface area (Å²) in [5, 5.41) is 12.6. The number of carbonyl (C=O) groups is 1. The van der Waals surface area contributed by atoms with Gasteiger partial charge in [-0.3, -0.25) is 4.79 Å². The van der Waals surface area contributed by atoms with Crippen molar-refractivity contribution in [2.45, 2.75) is 0 Å². The zero-order chi connectivity index (χ0) is 20.6. The van der Waals surface area contributed by atoms with E-state index in [2.05, 4.69) is 10.5 Å². The summed E-state index contributed by atoms with van der Waals surface area (Å²) in [5.41, 5.74) is 4.00. The number of hydrogen-bond acceptors (Lipinski definition) is 6. The number of ether oxygens (including phenoxy) is 2. The molecule has 0 saturated heterocycles. The fourth-order valence-corrected chi connectivity index (χ4v) is 3.34. The molecule has 0 saturated carbocycles. The fourth-order valence-electron chi connectivity index (χ4n) is 2.44. The maximum absolute atomic E-state index is 13.0. The van der Waals surface area contributed by atoms with Crippen molar-refractivity contribution in [1.82, 2.24) is 5.43 Å². The van der Waals surface area contributed by atoms with E-state index in [0.717, 1.165) is 10.4 Å². The van der Waals surface area contributed by atoms with Gasteiger partial charge in [0.25, 0.3) is 5.91 Å². The lowest BCUT2D eigenvalue weighted by molar-refractivity contribution is 0.0959. The van der Waals surface area contributed by atoms with Gasteiger partial charge in [0.2, 0.25) is 0 Å². The predicted octanol–water partition coefficient (Wildman–Crippen LogP) is 4.23. The van der Waals surface area contributed by atoms with E-state index in [1.807, 2.05) is 6.07 Å². The number of nitrogens with zero attached hydrogens (tertiary/aromatic N) is 2. The van der Waals surface area contributed by atoms with Gasteiger partial charge in [-0.1, -0.05) is 12.1 Å². The summed E-state index contributed by atoms with van der Waals surface area (Å²) in [6.07, 6.45) is 1.48. The molecule has 3 aromatic rings. The van der Waals surface area contributed by atoms with Crippen molar-refractivity contribution >= 4 is 23.5 Å². The number of rotatable bonds is 7. The highest BCUT2D eigenvalue weighted by Crippen LogP contribution is 2.29. The highest BCUT2D eigenvalue weighted by molar-refractivity contribution is 7.17. The Hall–Kier alpha value is -3.70. The fraction of sp³-hybridized carbons (Fsp3) is 0.0952. The summed E-state index contributed by atoms with van der Waals surface area (Å²) in [6.45, 7) is -0.0828. The summed E-state index contributed by atoms with van der Waals surface area (Å²) in [5.74, 6) is 0.249. The quantitative estimate of drug-likeness (QED) is 0.468. The number of benzene rings is 2. The van der Waals surface area contributed by atoms with E-state index in [4.69, 9.17) is 14.7 Å². The molecular weight excluding hydrogens is 393 g/mol. The minimum Gasteiger partial charge on any atom is -0.493 e. The van der Waals surface area contributed by atoms with Gasteiger partial charge < -0.3 is 9.47 Å². The van der Waals surface area contributed by atoms with E-state index in [0.29, 0.717) is 21.9 Å². The van der Waals surface area contributed by atoms with E-state index in [1.165, 1.54) is 36.8 Å². The normalized spacial score (nSPS) is 10.5. The minimum atomic E-state index is -0.347. The van der Waals surface area contributed by atoms with Crippen molar-refractivity contribution in [3.63, 3.8) is 0 Å². The van der Waals surface area contributed by atoms with Crippen LogP contribution in [0.3, 0.4) is 0 Å². The molecule has 1 aromatic heterocycles. The van der Waals surface area contributed by atoms with Crippen LogP contribution in [0.4, 0.5) is 4.39 Å². The van der Waals surface area contributed by atoms with E-state index in [1.54, 1.807) is 42.5 Å². The Morgan fingerprint density at radius 1 is 1.21 bits per heavy atom. The molecule has 0 spiro atoms. The highest BCUT2D eigenvalue weighted by atomic mass is 32.1. The Kier molecular flexibility index (Phi) is 6.55. The average Bonchev–Trinajstić information content (AvgIpc) is 3.23. The van der Waals surface area contributed by atoms with Crippen molar-refractivity contribution in [3.8, 4) is 28.0 Å². The molecule has 0 aliphatic carbocycles. The van der Waals surface area contributed by atoms with Gasteiger partial charge in [-0.25, -0.2) is 9.82 Å². The first kappa shape index (κ1) is 20.0. The molecule has 0 atom stereocenters. The van der Waals surface area contributed by atoms with Gasteiger partial charge in [-0.05, 0) is 53.6 Å². The molecule has 3 rings (SSSR count). The van der Waals surface area contributed by atoms with Crippen molar-refractivity contribution in [2.75, 3.05) is 13.7 Å². The van der Waals surface area contributed by atoms with Crippen molar-refractivity contribution in [2.24, 2.45) is 5.10 Å². The van der Waals surface area contributed by atoms with Crippen LogP contribution in [0.1, 0.15) is 15.2 Å². The van der Waals surface area contributed by atoms with E-state index in [9.17, 15) is 9.18 Å². The van der Waals surface area contributed by atoms with Gasteiger partial charge in [0.1, 0.15) is 11.9 Å². The number of thiophene rings is 1. The third kappa shape index (κ3) is 5.18. The Morgan fingerprint density at radius 2 is 2.00 bits per heavy atom. The molecule has 29 heavy (non-hydrogen) atoms. The van der Waals surface area contributed by atoms with Crippen molar-refractivity contribution < 1.29 is 18.7 Å². The summed E-state index contributed by atoms with van der Waals surface area (Å²) in [4.78, 5) is 13.6. The molecule has 0 aliphatic heterocycles. The smallest absolute Gasteiger partial charge is 0.281 e. The Balaban J connectivity index is 1.64. The van der Waals surface area contributed by atoms with Gasteiger partial charge >= 0.3 is 0 Å². The lowest BCUT2D eigenvalue weighted by Crippen LogP contribution is -2.16. The zero-order valence-electron chi connectivity index (χ0n) is 15.4. The van der Waals surface area contributed by atoms with E-state index >= 15 is 0 Å². The first-order valence-corrected chi connectivity index (χ1v) is 9.29. The van der Waals surface area contributed by atoms with Crippen LogP contribution in [0.5, 0.6) is 11.5 Å². The molecule has 0 unspecified atom stereocenters. The third-order valence-electron chi connectivity index (χ3n) is 3.82. The van der Waals surface area contributed by atoms with Gasteiger partial charge in [0.05, 0.1) is 18.2 Å². The van der Waals surface area contributed by atoms with E-state index < -0.39 is 0 Å². The molecule has 1 heterocycles. The molecule has 1 amide bonds. The topological polar surface area (TPSA) is 83.7 Å². The van der Waals surface area contributed by atoms with Gasteiger partial charge in [0.15, 0.2) is 18.1 Å². The number of nitrogens with one attached hydrogen (secondary N) is 1. The first-order valence-electron chi connectivity index (χ1n) is 8.47. The number of carbonyl (C=O) groups excluding carboxylic acids is 1. The van der Waals surface area contributed by atoms with Crippen LogP contribution >= 0.6 is 11.3 Å². The van der Waals surface area contributed by atoms with Gasteiger partial charge in [-0.2, -0.15) is 10.4 Å². The van der Waals surface area contributed by atoms with Gasteiger partial charge in [0, 0.05) is 4.88 Å². The van der Waals surface area contributed by atoms with Gasteiger partial charge in [-0.15, -0.1) is 11.3 Å². The maximum Gasteiger partial charge on any atom is 0.281 e. The number of methoxy groups -OCH3 is 1. The number of hydrogen-bond donors (Lipinski definition) is 1. The minimum absolute atomic E-state index is 0.0828. The lowest BCUT2D eigenvalue weighted by Gasteiger charge is -2.08. The molecule has 2 aromatic carbocycles. The first-order chi connectivity index (χ1) is 14.1. The number of amides is 1. The molecule has 0 aliphatic rings. The molecule has 0 fully saturated rings. The van der Waals surface area contributed by atoms with Crippen LogP contribution in [-0.4, -0.2) is 25.8 Å². The Labute approximate surface area is 170 Å². The summed E-state index contributed by atoms with van der Waals surface area (Å²) >= 11 is 1.29. The van der Waals surface area contributed by atoms with Crippen LogP contribution in [-0.2, 0) is 0 Å². The molecule has 146 valence electrons. The Bertz CT molecular complexity index is 1070. The highest BCUT2D eigenvalue weighted by Gasteiger charge is 2.10. The Morgan fingerprint density at radius 3 is 2.72 bits per heavy atom. The maximum atomic E-state index is 13.0. The predicted molar refractivity (Wildman–Crippen MR) is 109 cm³/mol. The summed E-state index contributed by atoms with van der Waals surface area (Å²) < 4.78 is 23.5. The second kappa shape index (κ2) is 9.48. The number of halogens is 1. The van der Waals surface area contributed by atoms with Crippen molar-refractivity contribution in [3.05, 3.63) is 70.9 Å². The number of hydrazone groups is 1. The largest absolute Gasteiger partial charge is 0.493 e. The molecule has 8 heteroatoms. The number of nitriles is 1. The average molecular weight is 409 g/mol. The van der Waals surface area contributed by atoms with Crippen molar-refractivity contribution in [1.29, 1.82) is 5.26 Å². The molecule has 6 nitrogen and oxygen atoms in total. The molecular formula is C21H16FN3O3S. The second-order valence-electron chi connectivity index (χ2n) is 5.73. The monoisotopic (exact) mass is 409 g/mol. The van der Waals surface area contributed by atoms with Crippen LogP contribution in [0.15, 0.2) is 59.7 Å². The molecule has 1 N–H and O–H groups in total. The van der Waals surface area contributed by atoms with Crippen LogP contribution in [0.25, 0.3) is 10.4 Å². The summed E-state index contributed by atoms with van der Waals surface area (Å²) in [6, 6.07) is 16.5. The van der Waals surface area contributed by atoms with Crippen LogP contribution < -0.4 is 14.9 Å². The SMILES string of the molecule is COc1cc(/C=N\NC(=O)c2ccc(-c3ccc(F)cc3)s2)ccc1OCC#N. The molecule has 0 bridgehead atoms. The lowest BCUT2D eigenvalue weighted by atomic mass is 10.2.